The van der Waals surface area contributed by atoms with E-state index in [1.807, 2.05) is 4.90 Å². The van der Waals surface area contributed by atoms with Gasteiger partial charge in [-0.25, -0.2) is 9.97 Å². The highest BCUT2D eigenvalue weighted by Crippen LogP contribution is 2.13. The number of nitrogens with one attached hydrogen (secondary N) is 1. The third-order valence-electron chi connectivity index (χ3n) is 4.06. The molecule has 2 aromatic rings. The molecule has 1 N–H and O–H groups in total. The van der Waals surface area contributed by atoms with Crippen LogP contribution in [0, 0.1) is 0 Å². The molecule has 1 fully saturated rings. The Morgan fingerprint density at radius 1 is 1.12 bits per heavy atom. The molecule has 1 aliphatic heterocycles. The molecule has 0 saturated carbocycles. The number of carbonyl (C=O) groups excluding carboxylic acids is 2. The number of anilines is 1. The lowest BCUT2D eigenvalue weighted by molar-refractivity contribution is 0.0746. The van der Waals surface area contributed by atoms with Gasteiger partial charge in [0.05, 0.1) is 11.1 Å². The van der Waals surface area contributed by atoms with E-state index in [-0.39, 0.29) is 11.8 Å². The fraction of sp³-hybridized carbons (Fsp3) is 0.278. The van der Waals surface area contributed by atoms with E-state index in [0.717, 1.165) is 0 Å². The maximum atomic E-state index is 12.7. The molecule has 0 unspecified atom stereocenters. The molecule has 0 aromatic carbocycles. The van der Waals surface area contributed by atoms with Crippen LogP contribution in [-0.4, -0.2) is 64.4 Å². The van der Waals surface area contributed by atoms with Crippen molar-refractivity contribution in [2.75, 3.05) is 37.6 Å². The Morgan fingerprint density at radius 2 is 1.81 bits per heavy atom. The van der Waals surface area contributed by atoms with Gasteiger partial charge in [-0.3, -0.25) is 14.6 Å². The van der Waals surface area contributed by atoms with E-state index in [1.54, 1.807) is 35.5 Å². The van der Waals surface area contributed by atoms with Crippen LogP contribution in [0.25, 0.3) is 0 Å². The van der Waals surface area contributed by atoms with E-state index in [0.29, 0.717) is 49.8 Å². The van der Waals surface area contributed by atoms with E-state index >= 15 is 0 Å². The van der Waals surface area contributed by atoms with E-state index in [9.17, 15) is 9.59 Å². The largest absolute Gasteiger partial charge is 0.349 e. The number of piperazine rings is 1. The van der Waals surface area contributed by atoms with Crippen LogP contribution in [0.1, 0.15) is 20.7 Å². The summed E-state index contributed by atoms with van der Waals surface area (Å²) in [6.45, 7) is 6.35. The van der Waals surface area contributed by atoms with Gasteiger partial charge in [-0.05, 0) is 12.1 Å². The molecule has 3 heterocycles. The van der Waals surface area contributed by atoms with Gasteiger partial charge in [-0.1, -0.05) is 6.08 Å². The quantitative estimate of drug-likeness (QED) is 0.799. The molecule has 0 radical (unpaired) electrons. The van der Waals surface area contributed by atoms with Crippen molar-refractivity contribution in [2.24, 2.45) is 0 Å². The minimum atomic E-state index is -0.280. The number of amides is 2. The smallest absolute Gasteiger partial charge is 0.255 e. The maximum absolute atomic E-state index is 12.7. The van der Waals surface area contributed by atoms with E-state index in [2.05, 4.69) is 26.8 Å². The summed E-state index contributed by atoms with van der Waals surface area (Å²) in [5, 5.41) is 2.68. The minimum Gasteiger partial charge on any atom is -0.349 e. The molecule has 1 saturated heterocycles. The van der Waals surface area contributed by atoms with Gasteiger partial charge in [0.25, 0.3) is 11.8 Å². The highest BCUT2D eigenvalue weighted by Gasteiger charge is 2.24. The topological polar surface area (TPSA) is 91.3 Å². The van der Waals surface area contributed by atoms with Crippen molar-refractivity contribution < 1.29 is 9.59 Å². The summed E-state index contributed by atoms with van der Waals surface area (Å²) in [6, 6.07) is 3.34. The van der Waals surface area contributed by atoms with Crippen molar-refractivity contribution in [3.63, 3.8) is 0 Å². The average Bonchev–Trinajstić information content (AvgIpc) is 2.72. The highest BCUT2D eigenvalue weighted by atomic mass is 16.2. The van der Waals surface area contributed by atoms with Crippen molar-refractivity contribution in [1.82, 2.24) is 25.2 Å². The molecule has 0 bridgehead atoms. The third kappa shape index (κ3) is 4.02. The lowest BCUT2D eigenvalue weighted by Gasteiger charge is -2.34. The zero-order valence-electron chi connectivity index (χ0n) is 14.3. The van der Waals surface area contributed by atoms with Crippen LogP contribution in [0.3, 0.4) is 0 Å². The molecular weight excluding hydrogens is 332 g/mol. The number of carbonyl (C=O) groups is 2. The lowest BCUT2D eigenvalue weighted by Crippen LogP contribution is -2.49. The molecule has 26 heavy (non-hydrogen) atoms. The van der Waals surface area contributed by atoms with Gasteiger partial charge in [-0.2, -0.15) is 0 Å². The molecular formula is C18H20N6O2. The third-order valence-corrected chi connectivity index (χ3v) is 4.06. The molecule has 2 amide bonds. The average molecular weight is 352 g/mol. The SMILES string of the molecule is C=CCNC(=O)c1cncc(C(=O)N2CCN(c3ncccn3)CC2)c1. The van der Waals surface area contributed by atoms with Crippen LogP contribution in [-0.2, 0) is 0 Å². The van der Waals surface area contributed by atoms with Crippen LogP contribution in [0.2, 0.25) is 0 Å². The van der Waals surface area contributed by atoms with Crippen LogP contribution in [0.15, 0.2) is 49.6 Å². The number of hydrogen-bond donors (Lipinski definition) is 1. The van der Waals surface area contributed by atoms with Gasteiger partial charge in [0, 0.05) is 57.5 Å². The van der Waals surface area contributed by atoms with Crippen LogP contribution in [0.4, 0.5) is 5.95 Å². The first kappa shape index (κ1) is 17.5. The first-order valence-electron chi connectivity index (χ1n) is 8.34. The van der Waals surface area contributed by atoms with E-state index in [1.165, 1.54) is 12.4 Å². The second-order valence-electron chi connectivity index (χ2n) is 5.79. The summed E-state index contributed by atoms with van der Waals surface area (Å²) in [7, 11) is 0. The predicted octanol–water partition coefficient (Wildman–Crippen LogP) is 0.750. The molecule has 134 valence electrons. The zero-order valence-corrected chi connectivity index (χ0v) is 14.3. The summed E-state index contributed by atoms with van der Waals surface area (Å²) in [6.07, 6.45) is 7.93. The molecule has 1 aliphatic rings. The van der Waals surface area contributed by atoms with Crippen LogP contribution in [0.5, 0.6) is 0 Å². The number of pyridine rings is 1. The number of nitrogens with zero attached hydrogens (tertiary/aromatic N) is 5. The molecule has 0 aliphatic carbocycles. The Bertz CT molecular complexity index is 787. The summed E-state index contributed by atoms with van der Waals surface area (Å²) < 4.78 is 0. The molecule has 2 aromatic heterocycles. The lowest BCUT2D eigenvalue weighted by atomic mass is 10.1. The second kappa shape index (κ2) is 8.19. The normalized spacial score (nSPS) is 14.0. The van der Waals surface area contributed by atoms with Crippen LogP contribution >= 0.6 is 0 Å². The van der Waals surface area contributed by atoms with Gasteiger partial charge >= 0.3 is 0 Å². The van der Waals surface area contributed by atoms with Gasteiger partial charge in [0.15, 0.2) is 0 Å². The molecule has 8 nitrogen and oxygen atoms in total. The Hall–Kier alpha value is -3.29. The Morgan fingerprint density at radius 3 is 2.50 bits per heavy atom. The van der Waals surface area contributed by atoms with Crippen molar-refractivity contribution in [1.29, 1.82) is 0 Å². The Balaban J connectivity index is 1.63. The Labute approximate surface area is 151 Å². The minimum absolute atomic E-state index is 0.135. The molecule has 8 heteroatoms. The van der Waals surface area contributed by atoms with Crippen molar-refractivity contribution >= 4 is 17.8 Å². The van der Waals surface area contributed by atoms with Gasteiger partial charge in [-0.15, -0.1) is 6.58 Å². The fourth-order valence-electron chi connectivity index (χ4n) is 2.69. The van der Waals surface area contributed by atoms with E-state index < -0.39 is 0 Å². The van der Waals surface area contributed by atoms with Crippen molar-refractivity contribution in [3.05, 3.63) is 60.7 Å². The maximum Gasteiger partial charge on any atom is 0.255 e. The van der Waals surface area contributed by atoms with Crippen molar-refractivity contribution in [2.45, 2.75) is 0 Å². The number of hydrogen-bond acceptors (Lipinski definition) is 6. The zero-order chi connectivity index (χ0) is 18.4. The molecule has 3 rings (SSSR count). The van der Waals surface area contributed by atoms with Crippen LogP contribution < -0.4 is 10.2 Å². The standard InChI is InChI=1S/C18H20N6O2/c1-2-4-20-16(25)14-11-15(13-19-12-14)17(26)23-7-9-24(10-8-23)18-21-5-3-6-22-18/h2-3,5-6,11-13H,1,4,7-10H2,(H,20,25). The first-order chi connectivity index (χ1) is 12.7. The summed E-state index contributed by atoms with van der Waals surface area (Å²) in [5.74, 6) is 0.254. The van der Waals surface area contributed by atoms with Crippen molar-refractivity contribution in [3.8, 4) is 0 Å². The first-order valence-corrected chi connectivity index (χ1v) is 8.34. The summed E-state index contributed by atoms with van der Waals surface area (Å²) in [5.41, 5.74) is 0.759. The number of rotatable bonds is 5. The molecule has 0 atom stereocenters. The Kier molecular flexibility index (Phi) is 5.52. The predicted molar refractivity (Wildman–Crippen MR) is 96.9 cm³/mol. The summed E-state index contributed by atoms with van der Waals surface area (Å²) >= 11 is 0. The highest BCUT2D eigenvalue weighted by molar-refractivity contribution is 5.99. The van der Waals surface area contributed by atoms with Gasteiger partial charge < -0.3 is 15.1 Å². The number of aromatic nitrogens is 3. The van der Waals surface area contributed by atoms with E-state index in [4.69, 9.17) is 0 Å². The van der Waals surface area contributed by atoms with Gasteiger partial charge in [0.1, 0.15) is 0 Å². The monoisotopic (exact) mass is 352 g/mol. The fourth-order valence-corrected chi connectivity index (χ4v) is 2.69. The molecule has 0 spiro atoms. The van der Waals surface area contributed by atoms with Gasteiger partial charge in [0.2, 0.25) is 5.95 Å². The second-order valence-corrected chi connectivity index (χ2v) is 5.79. The summed E-state index contributed by atoms with van der Waals surface area (Å²) in [4.78, 5) is 41.0.